The lowest BCUT2D eigenvalue weighted by Gasteiger charge is -2.49. The highest BCUT2D eigenvalue weighted by Gasteiger charge is 2.46. The maximum atomic E-state index is 12.7. The highest BCUT2D eigenvalue weighted by atomic mass is 16.3. The summed E-state index contributed by atoms with van der Waals surface area (Å²) in [5.74, 6) is -0.0702. The van der Waals surface area contributed by atoms with Crippen LogP contribution in [0.25, 0.3) is 0 Å². The minimum absolute atomic E-state index is 0.0702. The van der Waals surface area contributed by atoms with Crippen LogP contribution in [0.2, 0.25) is 0 Å². The number of hydrogen-bond acceptors (Lipinski definition) is 4. The zero-order chi connectivity index (χ0) is 18.0. The number of aliphatic hydroxyl groups excluding tert-OH is 1. The lowest BCUT2D eigenvalue weighted by molar-refractivity contribution is -0.0612. The zero-order valence-corrected chi connectivity index (χ0v) is 15.1. The SMILES string of the molecule is CCn1cc(C(=O)N2CC[C@@](c3ccccc3)(N(C)C)[C@H](O)C2)cn1. The predicted molar refractivity (Wildman–Crippen MR) is 96.2 cm³/mol. The van der Waals surface area contributed by atoms with Gasteiger partial charge in [0.1, 0.15) is 0 Å². The summed E-state index contributed by atoms with van der Waals surface area (Å²) in [5.41, 5.74) is 1.18. The van der Waals surface area contributed by atoms with Gasteiger partial charge in [-0.25, -0.2) is 0 Å². The van der Waals surface area contributed by atoms with E-state index in [0.717, 1.165) is 12.1 Å². The second-order valence-corrected chi connectivity index (χ2v) is 6.79. The molecule has 2 aromatic rings. The molecule has 1 amide bonds. The number of likely N-dealkylation sites (N-methyl/N-ethyl adjacent to an activating group) is 1. The summed E-state index contributed by atoms with van der Waals surface area (Å²) in [5, 5.41) is 15.2. The summed E-state index contributed by atoms with van der Waals surface area (Å²) in [6.07, 6.45) is 3.38. The Morgan fingerprint density at radius 3 is 2.64 bits per heavy atom. The Labute approximate surface area is 148 Å². The summed E-state index contributed by atoms with van der Waals surface area (Å²) in [4.78, 5) is 16.5. The molecule has 1 fully saturated rings. The molecule has 1 N–H and O–H groups in total. The molecule has 134 valence electrons. The second kappa shape index (κ2) is 6.98. The fourth-order valence-corrected chi connectivity index (χ4v) is 3.78. The number of β-amino-alcohol motifs (C(OH)–C–C–N with tert-alkyl or cyclic N) is 1. The molecule has 2 heterocycles. The van der Waals surface area contributed by atoms with Crippen LogP contribution < -0.4 is 0 Å². The lowest BCUT2D eigenvalue weighted by Crippen LogP contribution is -2.60. The maximum Gasteiger partial charge on any atom is 0.257 e. The van der Waals surface area contributed by atoms with Crippen LogP contribution in [0, 0.1) is 0 Å². The molecule has 6 heteroatoms. The molecular formula is C19H26N4O2. The van der Waals surface area contributed by atoms with Crippen LogP contribution >= 0.6 is 0 Å². The van der Waals surface area contributed by atoms with E-state index in [4.69, 9.17) is 0 Å². The third kappa shape index (κ3) is 3.07. The Bertz CT molecular complexity index is 728. The number of carbonyl (C=O) groups excluding carboxylic acids is 1. The van der Waals surface area contributed by atoms with Crippen LogP contribution in [0.1, 0.15) is 29.3 Å². The molecule has 0 unspecified atom stereocenters. The molecule has 25 heavy (non-hydrogen) atoms. The number of amides is 1. The largest absolute Gasteiger partial charge is 0.389 e. The standard InChI is InChI=1S/C19H26N4O2/c1-4-23-13-15(12-20-23)18(25)22-11-10-19(21(2)3,17(24)14-22)16-8-6-5-7-9-16/h5-9,12-13,17,24H,4,10-11,14H2,1-3H3/t17-,19+/m1/s1. The quantitative estimate of drug-likeness (QED) is 0.916. The third-order valence-electron chi connectivity index (χ3n) is 5.27. The number of likely N-dealkylation sites (tertiary alicyclic amines) is 1. The molecular weight excluding hydrogens is 316 g/mol. The van der Waals surface area contributed by atoms with Crippen molar-refractivity contribution in [3.63, 3.8) is 0 Å². The van der Waals surface area contributed by atoms with Gasteiger partial charge in [0.15, 0.2) is 0 Å². The number of aryl methyl sites for hydroxylation is 1. The van der Waals surface area contributed by atoms with Gasteiger partial charge in [0, 0.05) is 25.8 Å². The smallest absolute Gasteiger partial charge is 0.257 e. The molecule has 1 saturated heterocycles. The van der Waals surface area contributed by atoms with E-state index in [1.165, 1.54) is 0 Å². The van der Waals surface area contributed by atoms with Crippen molar-refractivity contribution in [2.75, 3.05) is 27.2 Å². The van der Waals surface area contributed by atoms with Crippen molar-refractivity contribution in [2.24, 2.45) is 0 Å². The van der Waals surface area contributed by atoms with Gasteiger partial charge in [-0.05, 0) is 33.0 Å². The van der Waals surface area contributed by atoms with Crippen molar-refractivity contribution in [1.29, 1.82) is 0 Å². The number of aliphatic hydroxyl groups is 1. The average Bonchev–Trinajstić information content (AvgIpc) is 3.10. The third-order valence-corrected chi connectivity index (χ3v) is 5.27. The van der Waals surface area contributed by atoms with Gasteiger partial charge < -0.3 is 10.0 Å². The van der Waals surface area contributed by atoms with Gasteiger partial charge in [0.05, 0.1) is 23.4 Å². The van der Waals surface area contributed by atoms with Crippen LogP contribution in [0.3, 0.4) is 0 Å². The zero-order valence-electron chi connectivity index (χ0n) is 15.1. The average molecular weight is 342 g/mol. The molecule has 1 aliphatic rings. The van der Waals surface area contributed by atoms with Crippen molar-refractivity contribution in [1.82, 2.24) is 19.6 Å². The van der Waals surface area contributed by atoms with Crippen LogP contribution in [0.5, 0.6) is 0 Å². The monoisotopic (exact) mass is 342 g/mol. The Hall–Kier alpha value is -2.18. The van der Waals surface area contributed by atoms with E-state index in [9.17, 15) is 9.90 Å². The number of aromatic nitrogens is 2. The Morgan fingerprint density at radius 1 is 1.36 bits per heavy atom. The lowest BCUT2D eigenvalue weighted by atomic mass is 9.77. The van der Waals surface area contributed by atoms with E-state index < -0.39 is 11.6 Å². The first-order chi connectivity index (χ1) is 12.0. The summed E-state index contributed by atoms with van der Waals surface area (Å²) in [6.45, 7) is 3.62. The van der Waals surface area contributed by atoms with Crippen LogP contribution in [-0.2, 0) is 12.1 Å². The van der Waals surface area contributed by atoms with Crippen LogP contribution in [-0.4, -0.2) is 63.9 Å². The van der Waals surface area contributed by atoms with E-state index in [1.807, 2.05) is 51.4 Å². The molecule has 1 aromatic heterocycles. The minimum atomic E-state index is -0.663. The van der Waals surface area contributed by atoms with Gasteiger partial charge >= 0.3 is 0 Å². The van der Waals surface area contributed by atoms with Crippen molar-refractivity contribution in [3.8, 4) is 0 Å². The Kier molecular flexibility index (Phi) is 4.92. The number of hydrogen-bond donors (Lipinski definition) is 1. The Balaban J connectivity index is 1.82. The first-order valence-corrected chi connectivity index (χ1v) is 8.71. The highest BCUT2D eigenvalue weighted by molar-refractivity contribution is 5.93. The molecule has 0 saturated carbocycles. The number of piperidine rings is 1. The van der Waals surface area contributed by atoms with Crippen molar-refractivity contribution >= 4 is 5.91 Å². The van der Waals surface area contributed by atoms with Crippen LogP contribution in [0.15, 0.2) is 42.7 Å². The summed E-state index contributed by atoms with van der Waals surface area (Å²) < 4.78 is 1.74. The highest BCUT2D eigenvalue weighted by Crippen LogP contribution is 2.37. The predicted octanol–water partition coefficient (Wildman–Crippen LogP) is 1.57. The van der Waals surface area contributed by atoms with Crippen molar-refractivity contribution in [2.45, 2.75) is 31.5 Å². The summed E-state index contributed by atoms with van der Waals surface area (Å²) in [6, 6.07) is 10.1. The Morgan fingerprint density at radius 2 is 2.08 bits per heavy atom. The van der Waals surface area contributed by atoms with Gasteiger partial charge in [-0.15, -0.1) is 0 Å². The normalized spacial score (nSPS) is 23.9. The number of nitrogens with zero attached hydrogens (tertiary/aromatic N) is 4. The molecule has 0 radical (unpaired) electrons. The van der Waals surface area contributed by atoms with Crippen molar-refractivity contribution in [3.05, 3.63) is 53.9 Å². The first-order valence-electron chi connectivity index (χ1n) is 8.71. The molecule has 3 rings (SSSR count). The molecule has 6 nitrogen and oxygen atoms in total. The number of benzene rings is 1. The van der Waals surface area contributed by atoms with E-state index in [1.54, 1.807) is 22.0 Å². The molecule has 0 aliphatic carbocycles. The fourth-order valence-electron chi connectivity index (χ4n) is 3.78. The van der Waals surface area contributed by atoms with E-state index in [0.29, 0.717) is 25.1 Å². The van der Waals surface area contributed by atoms with Gasteiger partial charge in [0.25, 0.3) is 5.91 Å². The van der Waals surface area contributed by atoms with Crippen LogP contribution in [0.4, 0.5) is 0 Å². The van der Waals surface area contributed by atoms with E-state index >= 15 is 0 Å². The molecule has 1 aliphatic heterocycles. The summed E-state index contributed by atoms with van der Waals surface area (Å²) in [7, 11) is 3.97. The molecule has 0 bridgehead atoms. The molecule has 0 spiro atoms. The van der Waals surface area contributed by atoms with Gasteiger partial charge in [-0.2, -0.15) is 5.10 Å². The number of carbonyl (C=O) groups is 1. The van der Waals surface area contributed by atoms with E-state index in [2.05, 4.69) is 10.00 Å². The topological polar surface area (TPSA) is 61.6 Å². The second-order valence-electron chi connectivity index (χ2n) is 6.79. The summed E-state index contributed by atoms with van der Waals surface area (Å²) >= 11 is 0. The van der Waals surface area contributed by atoms with Gasteiger partial charge in [0.2, 0.25) is 0 Å². The van der Waals surface area contributed by atoms with E-state index in [-0.39, 0.29) is 5.91 Å². The minimum Gasteiger partial charge on any atom is -0.389 e. The number of rotatable bonds is 4. The molecule has 2 atom stereocenters. The van der Waals surface area contributed by atoms with Gasteiger partial charge in [-0.3, -0.25) is 14.4 Å². The first kappa shape index (κ1) is 17.6. The van der Waals surface area contributed by atoms with Gasteiger partial charge in [-0.1, -0.05) is 30.3 Å². The fraction of sp³-hybridized carbons (Fsp3) is 0.474. The maximum absolute atomic E-state index is 12.7. The van der Waals surface area contributed by atoms with Crippen molar-refractivity contribution < 1.29 is 9.90 Å². The molecule has 1 aromatic carbocycles.